The number of rotatable bonds is 0. The molecule has 1 aliphatic rings. The van der Waals surface area contributed by atoms with E-state index in [0.717, 1.165) is 0 Å². The number of benzene rings is 1. The lowest BCUT2D eigenvalue weighted by atomic mass is 10.0. The molecule has 1 atom stereocenters. The van der Waals surface area contributed by atoms with Gasteiger partial charge >= 0.3 is 12.2 Å². The van der Waals surface area contributed by atoms with Crippen LogP contribution in [-0.4, -0.2) is 18.5 Å². The first-order chi connectivity index (χ1) is 7.98. The molecule has 94 valence electrons. The summed E-state index contributed by atoms with van der Waals surface area (Å²) >= 11 is 3.53. The molecule has 2 amide bonds. The Morgan fingerprint density at radius 1 is 1.24 bits per heavy atom. The normalized spacial score (nSPS) is 18.2. The first-order valence-electron chi connectivity index (χ1n) is 4.66. The number of para-hydroxylation sites is 1. The maximum absolute atomic E-state index is 12.6. The fourth-order valence-electron chi connectivity index (χ4n) is 1.49. The zero-order valence-corrected chi connectivity index (χ0v) is 9.77. The van der Waals surface area contributed by atoms with Gasteiger partial charge in [-0.25, -0.2) is 4.79 Å². The summed E-state index contributed by atoms with van der Waals surface area (Å²) in [5, 5.41) is 4.15. The van der Waals surface area contributed by atoms with E-state index in [1.165, 1.54) is 18.2 Å². The van der Waals surface area contributed by atoms with Crippen LogP contribution < -0.4 is 10.6 Å². The van der Waals surface area contributed by atoms with Crippen molar-refractivity contribution in [2.24, 2.45) is 0 Å². The first kappa shape index (κ1) is 13.7. The molecule has 0 aliphatic carbocycles. The van der Waals surface area contributed by atoms with E-state index >= 15 is 0 Å². The molecule has 17 heavy (non-hydrogen) atoms. The van der Waals surface area contributed by atoms with Gasteiger partial charge < -0.3 is 10.6 Å². The molecular weight excluding hydrogens is 253 g/mol. The Kier molecular flexibility index (Phi) is 4.28. The summed E-state index contributed by atoms with van der Waals surface area (Å²) in [6.07, 6.45) is -2.78. The van der Waals surface area contributed by atoms with Gasteiger partial charge in [0.1, 0.15) is 0 Å². The molecule has 7 heteroatoms. The third-order valence-electron chi connectivity index (χ3n) is 2.12. The summed E-state index contributed by atoms with van der Waals surface area (Å²) < 4.78 is 37.7. The summed E-state index contributed by atoms with van der Waals surface area (Å²) in [6, 6.07) is 3.07. The molecule has 1 aromatic rings. The lowest BCUT2D eigenvalue weighted by Gasteiger charge is -2.28. The molecule has 0 bridgehead atoms. The number of fused-ring (bicyclic) bond motifs is 1. The van der Waals surface area contributed by atoms with Gasteiger partial charge in [0.15, 0.2) is 6.04 Å². The molecule has 1 heterocycles. The van der Waals surface area contributed by atoms with Crippen molar-refractivity contribution in [1.29, 1.82) is 0 Å². The molecular formula is C10H11F3N2OS. The highest BCUT2D eigenvalue weighted by atomic mass is 32.1. The average molecular weight is 264 g/mol. The Bertz CT molecular complexity index is 409. The van der Waals surface area contributed by atoms with Gasteiger partial charge in [0, 0.05) is 11.3 Å². The second-order valence-electron chi connectivity index (χ2n) is 3.16. The van der Waals surface area contributed by atoms with E-state index < -0.39 is 18.2 Å². The first-order valence-corrected chi connectivity index (χ1v) is 5.56. The van der Waals surface area contributed by atoms with Crippen LogP contribution in [0.15, 0.2) is 24.3 Å². The SMILES string of the molecule is CS.O=C1Nc2ccccc2[C@@H](C(F)(F)F)N1. The van der Waals surface area contributed by atoms with Crippen LogP contribution >= 0.6 is 12.6 Å². The number of thiol groups is 1. The van der Waals surface area contributed by atoms with Gasteiger partial charge in [-0.05, 0) is 12.3 Å². The van der Waals surface area contributed by atoms with Crippen molar-refractivity contribution in [3.63, 3.8) is 0 Å². The second kappa shape index (κ2) is 5.31. The van der Waals surface area contributed by atoms with Crippen LogP contribution in [-0.2, 0) is 0 Å². The van der Waals surface area contributed by atoms with E-state index in [1.54, 1.807) is 12.3 Å². The molecule has 0 aromatic heterocycles. The largest absolute Gasteiger partial charge is 0.413 e. The quantitative estimate of drug-likeness (QED) is 0.619. The Hall–Kier alpha value is -1.37. The zero-order valence-electron chi connectivity index (χ0n) is 8.88. The minimum Gasteiger partial charge on any atom is -0.322 e. The summed E-state index contributed by atoms with van der Waals surface area (Å²) in [6.45, 7) is 0. The molecule has 2 N–H and O–H groups in total. The van der Waals surface area contributed by atoms with Crippen LogP contribution in [0.3, 0.4) is 0 Å². The van der Waals surface area contributed by atoms with Gasteiger partial charge in [-0.3, -0.25) is 0 Å². The lowest BCUT2D eigenvalue weighted by Crippen LogP contribution is -2.44. The van der Waals surface area contributed by atoms with Gasteiger partial charge in [-0.1, -0.05) is 18.2 Å². The van der Waals surface area contributed by atoms with Crippen molar-refractivity contribution in [3.8, 4) is 0 Å². The Balaban J connectivity index is 0.000000686. The molecule has 3 nitrogen and oxygen atoms in total. The van der Waals surface area contributed by atoms with E-state index in [-0.39, 0.29) is 11.3 Å². The number of carbonyl (C=O) groups is 1. The van der Waals surface area contributed by atoms with Crippen LogP contribution in [0, 0.1) is 0 Å². The van der Waals surface area contributed by atoms with Crippen molar-refractivity contribution < 1.29 is 18.0 Å². The van der Waals surface area contributed by atoms with E-state index in [2.05, 4.69) is 17.9 Å². The highest BCUT2D eigenvalue weighted by molar-refractivity contribution is 7.79. The van der Waals surface area contributed by atoms with Gasteiger partial charge in [-0.15, -0.1) is 0 Å². The topological polar surface area (TPSA) is 41.1 Å². The standard InChI is InChI=1S/C9H7F3N2O.CH4S/c10-9(11,12)7-5-3-1-2-4-6(5)13-8(15)14-7;1-2/h1-4,7H,(H2,13,14,15);2H,1H3/t7-;/m0./s1. The summed E-state index contributed by atoms with van der Waals surface area (Å²) in [7, 11) is 0. The predicted octanol–water partition coefficient (Wildman–Crippen LogP) is 2.97. The van der Waals surface area contributed by atoms with Gasteiger partial charge in [0.25, 0.3) is 0 Å². The van der Waals surface area contributed by atoms with E-state index in [0.29, 0.717) is 0 Å². The number of hydrogen-bond donors (Lipinski definition) is 3. The average Bonchev–Trinajstić information content (AvgIpc) is 2.29. The Morgan fingerprint density at radius 2 is 1.82 bits per heavy atom. The molecule has 0 radical (unpaired) electrons. The van der Waals surface area contributed by atoms with Crippen LogP contribution in [0.5, 0.6) is 0 Å². The number of halogens is 3. The van der Waals surface area contributed by atoms with Crippen molar-refractivity contribution in [2.75, 3.05) is 11.6 Å². The Labute approximate surface area is 102 Å². The molecule has 0 saturated carbocycles. The fourth-order valence-corrected chi connectivity index (χ4v) is 1.49. The third-order valence-corrected chi connectivity index (χ3v) is 2.12. The van der Waals surface area contributed by atoms with Crippen molar-refractivity contribution in [3.05, 3.63) is 29.8 Å². The highest BCUT2D eigenvalue weighted by Gasteiger charge is 2.44. The molecule has 1 aromatic carbocycles. The molecule has 2 rings (SSSR count). The number of anilines is 1. The third kappa shape index (κ3) is 3.06. The summed E-state index contributed by atoms with van der Waals surface area (Å²) in [5.74, 6) is 0. The van der Waals surface area contributed by atoms with Crippen molar-refractivity contribution in [2.45, 2.75) is 12.2 Å². The number of urea groups is 1. The van der Waals surface area contributed by atoms with Crippen molar-refractivity contribution in [1.82, 2.24) is 5.32 Å². The molecule has 1 aliphatic heterocycles. The smallest absolute Gasteiger partial charge is 0.322 e. The predicted molar refractivity (Wildman–Crippen MR) is 62.3 cm³/mol. The van der Waals surface area contributed by atoms with Gasteiger partial charge in [-0.2, -0.15) is 25.8 Å². The van der Waals surface area contributed by atoms with Crippen LogP contribution in [0.4, 0.5) is 23.7 Å². The maximum atomic E-state index is 12.6. The van der Waals surface area contributed by atoms with Crippen LogP contribution in [0.2, 0.25) is 0 Å². The number of carbonyl (C=O) groups excluding carboxylic acids is 1. The Morgan fingerprint density at radius 3 is 2.41 bits per heavy atom. The number of nitrogens with one attached hydrogen (secondary N) is 2. The molecule has 0 fully saturated rings. The molecule has 0 unspecified atom stereocenters. The number of amides is 2. The zero-order chi connectivity index (χ0) is 13.1. The molecule has 0 saturated heterocycles. The minimum absolute atomic E-state index is 0.0320. The minimum atomic E-state index is -4.48. The van der Waals surface area contributed by atoms with E-state index in [1.807, 2.05) is 5.32 Å². The second-order valence-corrected chi connectivity index (χ2v) is 3.16. The number of alkyl halides is 3. The monoisotopic (exact) mass is 264 g/mol. The molecule has 0 spiro atoms. The van der Waals surface area contributed by atoms with E-state index in [9.17, 15) is 18.0 Å². The maximum Gasteiger partial charge on any atom is 0.413 e. The lowest BCUT2D eigenvalue weighted by molar-refractivity contribution is -0.155. The highest BCUT2D eigenvalue weighted by Crippen LogP contribution is 2.38. The van der Waals surface area contributed by atoms with Crippen molar-refractivity contribution >= 4 is 24.3 Å². The van der Waals surface area contributed by atoms with Crippen LogP contribution in [0.1, 0.15) is 11.6 Å². The summed E-state index contributed by atoms with van der Waals surface area (Å²) in [4.78, 5) is 11.0. The fraction of sp³-hybridized carbons (Fsp3) is 0.300. The van der Waals surface area contributed by atoms with Crippen LogP contribution in [0.25, 0.3) is 0 Å². The van der Waals surface area contributed by atoms with Gasteiger partial charge in [0.2, 0.25) is 0 Å². The number of hydrogen-bond acceptors (Lipinski definition) is 2. The van der Waals surface area contributed by atoms with E-state index in [4.69, 9.17) is 0 Å². The summed E-state index contributed by atoms with van der Waals surface area (Å²) in [5.41, 5.74) is 0.230. The van der Waals surface area contributed by atoms with Gasteiger partial charge in [0.05, 0.1) is 0 Å².